The zero-order valence-electron chi connectivity index (χ0n) is 17.9. The van der Waals surface area contributed by atoms with Crippen molar-refractivity contribution in [2.24, 2.45) is 0 Å². The number of hydrogen-bond acceptors (Lipinski definition) is 7. The zero-order valence-corrected chi connectivity index (χ0v) is 17.9. The Morgan fingerprint density at radius 1 is 0.906 bits per heavy atom. The fourth-order valence-electron chi connectivity index (χ4n) is 3.44. The Morgan fingerprint density at radius 3 is 2.31 bits per heavy atom. The third-order valence-electron chi connectivity index (χ3n) is 5.00. The molecule has 0 saturated heterocycles. The largest absolute Gasteiger partial charge is 0.496 e. The van der Waals surface area contributed by atoms with E-state index in [0.717, 1.165) is 5.52 Å². The average molecular weight is 437 g/mol. The van der Waals surface area contributed by atoms with Gasteiger partial charge in [0, 0.05) is 23.8 Å². The van der Waals surface area contributed by atoms with Crippen LogP contribution >= 0.6 is 0 Å². The summed E-state index contributed by atoms with van der Waals surface area (Å²) in [6, 6.07) is 10.8. The van der Waals surface area contributed by atoms with Gasteiger partial charge in [0.1, 0.15) is 23.7 Å². The molecule has 2 heterocycles. The lowest BCUT2D eigenvalue weighted by Crippen LogP contribution is -2.08. The number of nitrogens with zero attached hydrogens (tertiary/aromatic N) is 3. The molecule has 0 atom stereocenters. The number of aromatic nitrogens is 3. The van der Waals surface area contributed by atoms with E-state index in [1.165, 1.54) is 32.4 Å². The number of rotatable bonds is 6. The molecule has 0 bridgehead atoms. The van der Waals surface area contributed by atoms with Crippen molar-refractivity contribution in [2.75, 3.05) is 28.4 Å². The van der Waals surface area contributed by atoms with E-state index in [0.29, 0.717) is 28.4 Å². The van der Waals surface area contributed by atoms with Crippen LogP contribution in [0, 0.1) is 5.82 Å². The second-order valence-corrected chi connectivity index (χ2v) is 6.71. The third-order valence-corrected chi connectivity index (χ3v) is 5.00. The summed E-state index contributed by atoms with van der Waals surface area (Å²) in [6.45, 7) is 0. The van der Waals surface area contributed by atoms with Crippen molar-refractivity contribution in [2.45, 2.75) is 0 Å². The van der Waals surface area contributed by atoms with Crippen molar-refractivity contribution in [3.05, 3.63) is 60.2 Å². The van der Waals surface area contributed by atoms with Gasteiger partial charge >= 0.3 is 5.97 Å². The van der Waals surface area contributed by atoms with Crippen molar-refractivity contribution in [1.29, 1.82) is 0 Å². The van der Waals surface area contributed by atoms with Gasteiger partial charge in [0.05, 0.1) is 50.7 Å². The highest BCUT2D eigenvalue weighted by Gasteiger charge is 2.21. The summed E-state index contributed by atoms with van der Waals surface area (Å²) < 4.78 is 36.5. The fourth-order valence-corrected chi connectivity index (χ4v) is 3.44. The summed E-state index contributed by atoms with van der Waals surface area (Å²) in [4.78, 5) is 21.5. The van der Waals surface area contributed by atoms with Crippen LogP contribution in [0.4, 0.5) is 4.39 Å². The number of methoxy groups -OCH3 is 4. The first kappa shape index (κ1) is 21.1. The maximum Gasteiger partial charge on any atom is 0.340 e. The van der Waals surface area contributed by atoms with E-state index >= 15 is 0 Å². The molecule has 8 nitrogen and oxygen atoms in total. The minimum Gasteiger partial charge on any atom is -0.496 e. The van der Waals surface area contributed by atoms with Crippen LogP contribution in [0.1, 0.15) is 10.4 Å². The van der Waals surface area contributed by atoms with E-state index in [4.69, 9.17) is 18.9 Å². The Bertz CT molecular complexity index is 1320. The zero-order chi connectivity index (χ0) is 22.8. The first-order chi connectivity index (χ1) is 15.5. The van der Waals surface area contributed by atoms with Gasteiger partial charge in [0.15, 0.2) is 11.5 Å². The Labute approximate surface area is 183 Å². The maximum absolute atomic E-state index is 13.8. The maximum atomic E-state index is 13.8. The van der Waals surface area contributed by atoms with Crippen LogP contribution in [0.2, 0.25) is 0 Å². The smallest absolute Gasteiger partial charge is 0.340 e. The predicted molar refractivity (Wildman–Crippen MR) is 115 cm³/mol. The molecule has 4 rings (SSSR count). The molecule has 164 valence electrons. The molecule has 2 aromatic heterocycles. The van der Waals surface area contributed by atoms with Crippen molar-refractivity contribution in [1.82, 2.24) is 14.5 Å². The van der Waals surface area contributed by atoms with Crippen LogP contribution < -0.4 is 14.2 Å². The SMILES string of the molecule is COC(=O)c1ccc(-n2cnc3cc(OC)c(OC)cc32)nc1-c1ccc(F)cc1OC. The topological polar surface area (TPSA) is 84.7 Å². The Morgan fingerprint density at radius 2 is 1.62 bits per heavy atom. The van der Waals surface area contributed by atoms with Gasteiger partial charge in [-0.2, -0.15) is 0 Å². The summed E-state index contributed by atoms with van der Waals surface area (Å²) in [7, 11) is 5.80. The molecule has 32 heavy (non-hydrogen) atoms. The van der Waals surface area contributed by atoms with Crippen LogP contribution in [-0.4, -0.2) is 48.9 Å². The minimum absolute atomic E-state index is 0.213. The predicted octanol–water partition coefficient (Wildman–Crippen LogP) is 4.04. The van der Waals surface area contributed by atoms with E-state index in [9.17, 15) is 9.18 Å². The van der Waals surface area contributed by atoms with E-state index < -0.39 is 11.8 Å². The van der Waals surface area contributed by atoms with Crippen LogP contribution in [-0.2, 0) is 4.74 Å². The highest BCUT2D eigenvalue weighted by molar-refractivity contribution is 5.97. The highest BCUT2D eigenvalue weighted by atomic mass is 19.1. The van der Waals surface area contributed by atoms with Crippen LogP contribution in [0.25, 0.3) is 28.1 Å². The number of imidazole rings is 1. The molecule has 0 unspecified atom stereocenters. The van der Waals surface area contributed by atoms with Gasteiger partial charge in [0.25, 0.3) is 0 Å². The number of fused-ring (bicyclic) bond motifs is 1. The molecule has 0 aliphatic carbocycles. The van der Waals surface area contributed by atoms with Gasteiger partial charge in [0.2, 0.25) is 0 Å². The molecule has 0 aliphatic rings. The standard InChI is InChI=1S/C23H20FN3O5/c1-29-18-9-13(24)5-6-14(18)22-15(23(28)32-4)7-8-21(26-22)27-12-25-16-10-19(30-2)20(31-3)11-17(16)27/h5-12H,1-4H3. The normalized spacial score (nSPS) is 10.8. The number of benzene rings is 2. The molecule has 0 radical (unpaired) electrons. The van der Waals surface area contributed by atoms with Gasteiger partial charge in [-0.3, -0.25) is 4.57 Å². The number of hydrogen-bond donors (Lipinski definition) is 0. The summed E-state index contributed by atoms with van der Waals surface area (Å²) >= 11 is 0. The van der Waals surface area contributed by atoms with Gasteiger partial charge in [-0.1, -0.05) is 0 Å². The first-order valence-corrected chi connectivity index (χ1v) is 9.53. The lowest BCUT2D eigenvalue weighted by molar-refractivity contribution is 0.0601. The van der Waals surface area contributed by atoms with E-state index in [2.05, 4.69) is 9.97 Å². The minimum atomic E-state index is -0.577. The molecule has 0 N–H and O–H groups in total. The Hall–Kier alpha value is -4.14. The number of ether oxygens (including phenoxy) is 4. The van der Waals surface area contributed by atoms with Crippen molar-refractivity contribution in [3.63, 3.8) is 0 Å². The highest BCUT2D eigenvalue weighted by Crippen LogP contribution is 2.35. The molecule has 0 saturated carbocycles. The molecule has 2 aromatic carbocycles. The molecule has 0 aliphatic heterocycles. The average Bonchev–Trinajstić information content (AvgIpc) is 3.24. The van der Waals surface area contributed by atoms with Crippen LogP contribution in [0.5, 0.6) is 17.2 Å². The molecule has 0 spiro atoms. The summed E-state index contributed by atoms with van der Waals surface area (Å²) in [5.74, 6) is 0.759. The molecule has 9 heteroatoms. The Kier molecular flexibility index (Phi) is 5.63. The molecular weight excluding hydrogens is 417 g/mol. The van der Waals surface area contributed by atoms with Gasteiger partial charge in [-0.15, -0.1) is 0 Å². The second kappa shape index (κ2) is 8.54. The molecule has 0 amide bonds. The van der Waals surface area contributed by atoms with Gasteiger partial charge < -0.3 is 18.9 Å². The number of esters is 1. The van der Waals surface area contributed by atoms with E-state index in [1.807, 2.05) is 0 Å². The first-order valence-electron chi connectivity index (χ1n) is 9.53. The molecule has 4 aromatic rings. The van der Waals surface area contributed by atoms with Crippen molar-refractivity contribution in [3.8, 4) is 34.3 Å². The van der Waals surface area contributed by atoms with Gasteiger partial charge in [-0.05, 0) is 24.3 Å². The lowest BCUT2D eigenvalue weighted by Gasteiger charge is -2.14. The van der Waals surface area contributed by atoms with Crippen LogP contribution in [0.3, 0.4) is 0 Å². The summed E-state index contributed by atoms with van der Waals surface area (Å²) in [5.41, 5.74) is 2.33. The number of carbonyl (C=O) groups excluding carboxylic acids is 1. The van der Waals surface area contributed by atoms with E-state index in [1.54, 1.807) is 49.4 Å². The summed E-state index contributed by atoms with van der Waals surface area (Å²) in [6.07, 6.45) is 1.61. The van der Waals surface area contributed by atoms with Gasteiger partial charge in [-0.25, -0.2) is 19.2 Å². The number of carbonyl (C=O) groups is 1. The second-order valence-electron chi connectivity index (χ2n) is 6.71. The third kappa shape index (κ3) is 3.58. The van der Waals surface area contributed by atoms with Crippen LogP contribution in [0.15, 0.2) is 48.8 Å². The lowest BCUT2D eigenvalue weighted by atomic mass is 10.0. The van der Waals surface area contributed by atoms with Crippen molar-refractivity contribution >= 4 is 17.0 Å². The number of halogens is 1. The number of pyridine rings is 1. The van der Waals surface area contributed by atoms with E-state index in [-0.39, 0.29) is 17.0 Å². The summed E-state index contributed by atoms with van der Waals surface area (Å²) in [5, 5.41) is 0. The van der Waals surface area contributed by atoms with Crippen molar-refractivity contribution < 1.29 is 28.1 Å². The fraction of sp³-hybridized carbons (Fsp3) is 0.174. The Balaban J connectivity index is 1.94. The molecular formula is C23H20FN3O5. The molecule has 0 fully saturated rings. The quantitative estimate of drug-likeness (QED) is 0.421. The monoisotopic (exact) mass is 437 g/mol.